The zero-order valence-corrected chi connectivity index (χ0v) is 14.6. The van der Waals surface area contributed by atoms with Gasteiger partial charge in [0.15, 0.2) is 11.5 Å². The summed E-state index contributed by atoms with van der Waals surface area (Å²) in [6, 6.07) is 7.24. The number of ether oxygens (including phenoxy) is 2. The molecule has 5 nitrogen and oxygen atoms in total. The first kappa shape index (κ1) is 17.8. The second-order valence-corrected chi connectivity index (χ2v) is 5.53. The lowest BCUT2D eigenvalue weighted by Crippen LogP contribution is -2.24. The van der Waals surface area contributed by atoms with Crippen LogP contribution in [-0.4, -0.2) is 37.1 Å². The van der Waals surface area contributed by atoms with Crippen LogP contribution in [0.5, 0.6) is 11.5 Å². The molecule has 0 spiro atoms. The molecule has 0 aliphatic heterocycles. The fourth-order valence-electron chi connectivity index (χ4n) is 2.17. The fraction of sp³-hybridized carbons (Fsp3) is 0.222. The van der Waals surface area contributed by atoms with Crippen molar-refractivity contribution < 1.29 is 14.3 Å². The highest BCUT2D eigenvalue weighted by atomic mass is 35.5. The van der Waals surface area contributed by atoms with Crippen LogP contribution in [0.15, 0.2) is 42.7 Å². The van der Waals surface area contributed by atoms with Crippen LogP contribution < -0.4 is 9.47 Å². The smallest absolute Gasteiger partial charge is 0.246 e. The first-order valence-electron chi connectivity index (χ1n) is 7.28. The van der Waals surface area contributed by atoms with Crippen LogP contribution in [-0.2, 0) is 11.3 Å². The molecular weight excluding hydrogens is 328 g/mol. The largest absolute Gasteiger partial charge is 0.493 e. The average Bonchev–Trinajstić information content (AvgIpc) is 2.59. The maximum absolute atomic E-state index is 12.2. The van der Waals surface area contributed by atoms with Gasteiger partial charge in [-0.2, -0.15) is 0 Å². The third kappa shape index (κ3) is 4.49. The van der Waals surface area contributed by atoms with E-state index in [4.69, 9.17) is 21.1 Å². The van der Waals surface area contributed by atoms with Gasteiger partial charge < -0.3 is 14.4 Å². The van der Waals surface area contributed by atoms with E-state index >= 15 is 0 Å². The normalized spacial score (nSPS) is 10.7. The Balaban J connectivity index is 2.09. The number of rotatable bonds is 6. The molecule has 0 aliphatic rings. The van der Waals surface area contributed by atoms with Gasteiger partial charge in [0.2, 0.25) is 5.91 Å². The van der Waals surface area contributed by atoms with Crippen molar-refractivity contribution in [1.29, 1.82) is 0 Å². The van der Waals surface area contributed by atoms with Gasteiger partial charge in [-0.25, -0.2) is 0 Å². The lowest BCUT2D eigenvalue weighted by molar-refractivity contribution is -0.125. The zero-order valence-electron chi connectivity index (χ0n) is 13.8. The third-order valence-corrected chi connectivity index (χ3v) is 3.67. The lowest BCUT2D eigenvalue weighted by atomic mass is 10.2. The second kappa shape index (κ2) is 8.36. The summed E-state index contributed by atoms with van der Waals surface area (Å²) in [6.45, 7) is 0.490. The highest BCUT2D eigenvalue weighted by Crippen LogP contribution is 2.36. The molecule has 2 rings (SSSR count). The number of hydrogen-bond acceptors (Lipinski definition) is 4. The molecule has 0 radical (unpaired) electrons. The number of hydrogen-bond donors (Lipinski definition) is 0. The van der Waals surface area contributed by atoms with Gasteiger partial charge in [0.1, 0.15) is 0 Å². The minimum absolute atomic E-state index is 0.121. The molecule has 0 atom stereocenters. The average molecular weight is 347 g/mol. The number of benzene rings is 1. The molecule has 0 saturated heterocycles. The summed E-state index contributed by atoms with van der Waals surface area (Å²) in [4.78, 5) is 17.9. The van der Waals surface area contributed by atoms with Crippen molar-refractivity contribution in [2.75, 3.05) is 21.3 Å². The molecule has 126 valence electrons. The van der Waals surface area contributed by atoms with Gasteiger partial charge in [-0.05, 0) is 35.4 Å². The summed E-state index contributed by atoms with van der Waals surface area (Å²) in [5.41, 5.74) is 1.72. The van der Waals surface area contributed by atoms with Crippen LogP contribution in [0.3, 0.4) is 0 Å². The predicted octanol–water partition coefficient (Wildman–Crippen LogP) is 3.42. The van der Waals surface area contributed by atoms with Crippen LogP contribution >= 0.6 is 11.6 Å². The van der Waals surface area contributed by atoms with Gasteiger partial charge >= 0.3 is 0 Å². The molecule has 6 heteroatoms. The van der Waals surface area contributed by atoms with Gasteiger partial charge in [-0.1, -0.05) is 17.7 Å². The number of nitrogens with zero attached hydrogens (tertiary/aromatic N) is 2. The number of aromatic nitrogens is 1. The van der Waals surface area contributed by atoms with Crippen molar-refractivity contribution in [3.05, 3.63) is 58.9 Å². The van der Waals surface area contributed by atoms with Crippen molar-refractivity contribution in [1.82, 2.24) is 9.88 Å². The molecule has 0 fully saturated rings. The SMILES string of the molecule is COc1cc(/C=C/C(=O)N(C)Cc2cccnc2)cc(Cl)c1OC. The van der Waals surface area contributed by atoms with E-state index in [9.17, 15) is 4.79 Å². The van der Waals surface area contributed by atoms with Crippen molar-refractivity contribution >= 4 is 23.6 Å². The molecule has 2 aromatic rings. The molecule has 1 amide bonds. The van der Waals surface area contributed by atoms with Gasteiger partial charge in [0, 0.05) is 32.1 Å². The number of pyridine rings is 1. The molecule has 24 heavy (non-hydrogen) atoms. The lowest BCUT2D eigenvalue weighted by Gasteiger charge is -2.15. The number of amides is 1. The van der Waals surface area contributed by atoms with Gasteiger partial charge in [-0.3, -0.25) is 9.78 Å². The third-order valence-electron chi connectivity index (χ3n) is 3.39. The summed E-state index contributed by atoms with van der Waals surface area (Å²) in [5, 5.41) is 0.424. The summed E-state index contributed by atoms with van der Waals surface area (Å²) < 4.78 is 10.4. The van der Waals surface area contributed by atoms with Crippen molar-refractivity contribution in [3.63, 3.8) is 0 Å². The van der Waals surface area contributed by atoms with Gasteiger partial charge in [-0.15, -0.1) is 0 Å². The number of methoxy groups -OCH3 is 2. The standard InChI is InChI=1S/C18H19ClN2O3/c1-21(12-14-5-4-8-20-11-14)17(22)7-6-13-9-15(19)18(24-3)16(10-13)23-2/h4-11H,12H2,1-3H3/b7-6+. The van der Waals surface area contributed by atoms with E-state index in [0.717, 1.165) is 11.1 Å². The fourth-order valence-corrected chi connectivity index (χ4v) is 2.47. The van der Waals surface area contributed by atoms with Gasteiger partial charge in [0.05, 0.1) is 19.2 Å². The predicted molar refractivity (Wildman–Crippen MR) is 94.3 cm³/mol. The van der Waals surface area contributed by atoms with Crippen LogP contribution in [0, 0.1) is 0 Å². The molecular formula is C18H19ClN2O3. The highest BCUT2D eigenvalue weighted by molar-refractivity contribution is 6.32. The van der Waals surface area contributed by atoms with E-state index in [2.05, 4.69) is 4.98 Å². The summed E-state index contributed by atoms with van der Waals surface area (Å²) >= 11 is 6.16. The Morgan fingerprint density at radius 2 is 2.12 bits per heavy atom. The Bertz CT molecular complexity index is 733. The number of halogens is 1. The van der Waals surface area contributed by atoms with Crippen LogP contribution in [0.1, 0.15) is 11.1 Å². The molecule has 1 heterocycles. The molecule has 1 aromatic heterocycles. The maximum Gasteiger partial charge on any atom is 0.246 e. The summed E-state index contributed by atoms with van der Waals surface area (Å²) in [6.07, 6.45) is 6.62. The Kier molecular flexibility index (Phi) is 6.21. The summed E-state index contributed by atoms with van der Waals surface area (Å²) in [5.74, 6) is 0.863. The van der Waals surface area contributed by atoms with Crippen LogP contribution in [0.25, 0.3) is 6.08 Å². The molecule has 0 unspecified atom stereocenters. The Hall–Kier alpha value is -2.53. The van der Waals surface area contributed by atoms with Crippen molar-refractivity contribution in [2.45, 2.75) is 6.54 Å². The molecule has 1 aromatic carbocycles. The van der Waals surface area contributed by atoms with E-state index in [1.165, 1.54) is 20.3 Å². The summed E-state index contributed by atoms with van der Waals surface area (Å²) in [7, 11) is 4.80. The Morgan fingerprint density at radius 1 is 1.33 bits per heavy atom. The number of likely N-dealkylation sites (N-methyl/N-ethyl adjacent to an activating group) is 1. The van der Waals surface area contributed by atoms with E-state index in [-0.39, 0.29) is 5.91 Å². The molecule has 0 saturated carbocycles. The first-order chi connectivity index (χ1) is 11.5. The quantitative estimate of drug-likeness (QED) is 0.752. The molecule has 0 bridgehead atoms. The minimum atomic E-state index is -0.121. The van der Waals surface area contributed by atoms with Crippen LogP contribution in [0.2, 0.25) is 5.02 Å². The maximum atomic E-state index is 12.2. The highest BCUT2D eigenvalue weighted by Gasteiger charge is 2.10. The van der Waals surface area contributed by atoms with E-state index in [1.807, 2.05) is 12.1 Å². The van der Waals surface area contributed by atoms with Crippen LogP contribution in [0.4, 0.5) is 0 Å². The zero-order chi connectivity index (χ0) is 17.5. The number of carbonyl (C=O) groups excluding carboxylic acids is 1. The van der Waals surface area contributed by atoms with E-state index < -0.39 is 0 Å². The monoisotopic (exact) mass is 346 g/mol. The van der Waals surface area contributed by atoms with Gasteiger partial charge in [0.25, 0.3) is 0 Å². The van der Waals surface area contributed by atoms with Crippen molar-refractivity contribution in [3.8, 4) is 11.5 Å². The van der Waals surface area contributed by atoms with E-state index in [1.54, 1.807) is 42.6 Å². The van der Waals surface area contributed by atoms with E-state index in [0.29, 0.717) is 23.1 Å². The minimum Gasteiger partial charge on any atom is -0.493 e. The Morgan fingerprint density at radius 3 is 2.75 bits per heavy atom. The Labute approximate surface area is 146 Å². The first-order valence-corrected chi connectivity index (χ1v) is 7.66. The molecule has 0 aliphatic carbocycles. The van der Waals surface area contributed by atoms with Crippen molar-refractivity contribution in [2.24, 2.45) is 0 Å². The molecule has 0 N–H and O–H groups in total. The topological polar surface area (TPSA) is 51.7 Å². The number of carbonyl (C=O) groups is 1. The second-order valence-electron chi connectivity index (χ2n) is 5.13.